The van der Waals surface area contributed by atoms with Gasteiger partial charge in [0, 0.05) is 5.41 Å². The second kappa shape index (κ2) is 7.99. The van der Waals surface area contributed by atoms with Gasteiger partial charge in [-0.3, -0.25) is 0 Å². The largest absolute Gasteiger partial charge is 0.0839 e. The fourth-order valence-electron chi connectivity index (χ4n) is 1.99. The highest BCUT2D eigenvalue weighted by molar-refractivity contribution is 5.51. The second-order valence-corrected chi connectivity index (χ2v) is 5.81. The lowest BCUT2D eigenvalue weighted by atomic mass is 9.89. The minimum atomic E-state index is 0. The van der Waals surface area contributed by atoms with Crippen LogP contribution in [-0.2, 0) is 0 Å². The number of allylic oxidation sites excluding steroid dienone is 10. The van der Waals surface area contributed by atoms with Gasteiger partial charge in [-0.15, -0.1) is 0 Å². The van der Waals surface area contributed by atoms with Gasteiger partial charge < -0.3 is 0 Å². The van der Waals surface area contributed by atoms with Gasteiger partial charge in [0.15, 0.2) is 0 Å². The Hall–Kier alpha value is -1.30. The van der Waals surface area contributed by atoms with E-state index in [1.807, 2.05) is 0 Å². The Kier molecular flexibility index (Phi) is 7.44. The van der Waals surface area contributed by atoms with Crippen molar-refractivity contribution in [3.8, 4) is 0 Å². The molecule has 0 nitrogen and oxygen atoms in total. The van der Waals surface area contributed by atoms with E-state index in [0.29, 0.717) is 0 Å². The molecule has 0 saturated carbocycles. The molecule has 0 fully saturated rings. The molecule has 0 radical (unpaired) electrons. The van der Waals surface area contributed by atoms with Crippen LogP contribution < -0.4 is 0 Å². The van der Waals surface area contributed by atoms with E-state index in [1.54, 1.807) is 0 Å². The summed E-state index contributed by atoms with van der Waals surface area (Å²) in [5.74, 6) is 0. The topological polar surface area (TPSA) is 0 Å². The molecule has 0 N–H and O–H groups in total. The maximum atomic E-state index is 2.36. The van der Waals surface area contributed by atoms with Crippen LogP contribution in [0, 0.1) is 5.41 Å². The lowest BCUT2D eigenvalue weighted by Gasteiger charge is -2.15. The predicted molar refractivity (Wildman–Crippen MR) is 89.3 cm³/mol. The molecule has 106 valence electrons. The fourth-order valence-corrected chi connectivity index (χ4v) is 1.99. The number of hydrogen-bond donors (Lipinski definition) is 0. The summed E-state index contributed by atoms with van der Waals surface area (Å²) in [7, 11) is 0. The summed E-state index contributed by atoms with van der Waals surface area (Å²) < 4.78 is 0. The standard InChI is InChI=1S/C18H26.CH4/c1-6-7-8-10-17-14-18(4,5)12-9-11-16(17)13-15(2)3;/h8-14H,6-7H2,1-5H3;1H4/b10-8-;. The highest BCUT2D eigenvalue weighted by Gasteiger charge is 2.14. The van der Waals surface area contributed by atoms with E-state index in [4.69, 9.17) is 0 Å². The van der Waals surface area contributed by atoms with Gasteiger partial charge in [-0.2, -0.15) is 0 Å². The van der Waals surface area contributed by atoms with Crippen molar-refractivity contribution in [3.63, 3.8) is 0 Å². The molecule has 1 rings (SSSR count). The van der Waals surface area contributed by atoms with E-state index in [2.05, 4.69) is 77.2 Å². The van der Waals surface area contributed by atoms with Crippen LogP contribution in [0.25, 0.3) is 0 Å². The predicted octanol–water partition coefficient (Wildman–Crippen LogP) is 6.39. The van der Waals surface area contributed by atoms with E-state index < -0.39 is 0 Å². The minimum absolute atomic E-state index is 0. The van der Waals surface area contributed by atoms with Gasteiger partial charge in [-0.05, 0) is 31.4 Å². The zero-order valence-corrected chi connectivity index (χ0v) is 12.5. The summed E-state index contributed by atoms with van der Waals surface area (Å²) in [6, 6.07) is 0. The molecule has 1 aliphatic rings. The minimum Gasteiger partial charge on any atom is -0.0839 e. The zero-order valence-electron chi connectivity index (χ0n) is 12.5. The second-order valence-electron chi connectivity index (χ2n) is 5.81. The van der Waals surface area contributed by atoms with Crippen LogP contribution >= 0.6 is 0 Å². The zero-order chi connectivity index (χ0) is 13.6. The monoisotopic (exact) mass is 258 g/mol. The van der Waals surface area contributed by atoms with Crippen molar-refractivity contribution in [2.75, 3.05) is 0 Å². The lowest BCUT2D eigenvalue weighted by Crippen LogP contribution is -2.02. The third-order valence-corrected chi connectivity index (χ3v) is 2.86. The summed E-state index contributed by atoms with van der Waals surface area (Å²) in [5.41, 5.74) is 4.10. The van der Waals surface area contributed by atoms with Crippen molar-refractivity contribution < 1.29 is 0 Å². The van der Waals surface area contributed by atoms with Crippen molar-refractivity contribution in [1.29, 1.82) is 0 Å². The average molecular weight is 258 g/mol. The Balaban J connectivity index is 0.00000324. The highest BCUT2D eigenvalue weighted by atomic mass is 14.2. The summed E-state index contributed by atoms with van der Waals surface area (Å²) in [6.07, 6.45) is 18.1. The molecule has 0 atom stereocenters. The van der Waals surface area contributed by atoms with Crippen LogP contribution in [-0.4, -0.2) is 0 Å². The van der Waals surface area contributed by atoms with E-state index in [-0.39, 0.29) is 12.8 Å². The third-order valence-electron chi connectivity index (χ3n) is 2.86. The summed E-state index contributed by atoms with van der Waals surface area (Å²) in [6.45, 7) is 11.0. The molecule has 0 heterocycles. The normalized spacial score (nSPS) is 17.3. The Morgan fingerprint density at radius 1 is 1.21 bits per heavy atom. The van der Waals surface area contributed by atoms with E-state index in [1.165, 1.54) is 23.1 Å². The summed E-state index contributed by atoms with van der Waals surface area (Å²) >= 11 is 0. The first-order valence-corrected chi connectivity index (χ1v) is 6.89. The fraction of sp³-hybridized carbons (Fsp3) is 0.474. The Morgan fingerprint density at radius 2 is 1.89 bits per heavy atom. The Labute approximate surface area is 120 Å². The van der Waals surface area contributed by atoms with E-state index in [9.17, 15) is 0 Å². The molecule has 0 aliphatic heterocycles. The summed E-state index contributed by atoms with van der Waals surface area (Å²) in [5, 5.41) is 0. The lowest BCUT2D eigenvalue weighted by molar-refractivity contribution is 0.624. The first kappa shape index (κ1) is 17.7. The van der Waals surface area contributed by atoms with Gasteiger partial charge in [0.1, 0.15) is 0 Å². The molecular formula is C19H30. The molecule has 0 saturated heterocycles. The maximum absolute atomic E-state index is 2.36. The third kappa shape index (κ3) is 6.42. The molecule has 0 aromatic heterocycles. The molecule has 0 aromatic carbocycles. The van der Waals surface area contributed by atoms with Crippen molar-refractivity contribution in [1.82, 2.24) is 0 Å². The van der Waals surface area contributed by atoms with Crippen LogP contribution in [0.4, 0.5) is 0 Å². The molecule has 19 heavy (non-hydrogen) atoms. The van der Waals surface area contributed by atoms with Gasteiger partial charge in [-0.25, -0.2) is 0 Å². The van der Waals surface area contributed by atoms with Crippen LogP contribution in [0.15, 0.2) is 59.3 Å². The van der Waals surface area contributed by atoms with Gasteiger partial charge in [0.2, 0.25) is 0 Å². The van der Waals surface area contributed by atoms with Gasteiger partial charge in [0.05, 0.1) is 0 Å². The molecular weight excluding hydrogens is 228 g/mol. The summed E-state index contributed by atoms with van der Waals surface area (Å²) in [4.78, 5) is 0. The highest BCUT2D eigenvalue weighted by Crippen LogP contribution is 2.29. The van der Waals surface area contributed by atoms with Crippen molar-refractivity contribution in [2.45, 2.75) is 54.9 Å². The van der Waals surface area contributed by atoms with Crippen LogP contribution in [0.3, 0.4) is 0 Å². The quantitative estimate of drug-likeness (QED) is 0.547. The van der Waals surface area contributed by atoms with Gasteiger partial charge in [0.25, 0.3) is 0 Å². The Bertz CT molecular complexity index is 419. The molecule has 1 aliphatic carbocycles. The number of hydrogen-bond acceptors (Lipinski definition) is 0. The van der Waals surface area contributed by atoms with Crippen molar-refractivity contribution >= 4 is 0 Å². The average Bonchev–Trinajstić information content (AvgIpc) is 2.38. The number of rotatable bonds is 4. The molecule has 0 heteroatoms. The van der Waals surface area contributed by atoms with E-state index in [0.717, 1.165) is 6.42 Å². The molecule has 0 bridgehead atoms. The first-order valence-electron chi connectivity index (χ1n) is 6.89. The maximum Gasteiger partial charge on any atom is 0.00167 e. The van der Waals surface area contributed by atoms with Crippen molar-refractivity contribution in [3.05, 3.63) is 59.3 Å². The van der Waals surface area contributed by atoms with E-state index >= 15 is 0 Å². The number of unbranched alkanes of at least 4 members (excludes halogenated alkanes) is 1. The Morgan fingerprint density at radius 3 is 2.47 bits per heavy atom. The molecule has 0 amide bonds. The van der Waals surface area contributed by atoms with Crippen molar-refractivity contribution in [2.24, 2.45) is 5.41 Å². The molecule has 0 spiro atoms. The van der Waals surface area contributed by atoms with Gasteiger partial charge >= 0.3 is 0 Å². The first-order chi connectivity index (χ1) is 8.44. The van der Waals surface area contributed by atoms with Crippen LogP contribution in [0.1, 0.15) is 54.9 Å². The van der Waals surface area contributed by atoms with Crippen LogP contribution in [0.2, 0.25) is 0 Å². The smallest absolute Gasteiger partial charge is 0.00167 e. The molecule has 0 unspecified atom stereocenters. The van der Waals surface area contributed by atoms with Crippen LogP contribution in [0.5, 0.6) is 0 Å². The SMILES string of the molecule is C.CCC/C=C\C1=CC(C)(C)C=CC=C1C=C(C)C. The van der Waals surface area contributed by atoms with Gasteiger partial charge in [-0.1, -0.05) is 82.7 Å². The molecule has 0 aromatic rings.